The van der Waals surface area contributed by atoms with Crippen LogP contribution < -0.4 is 11.1 Å². The molecule has 0 aliphatic carbocycles. The quantitative estimate of drug-likeness (QED) is 0.364. The summed E-state index contributed by atoms with van der Waals surface area (Å²) in [6, 6.07) is 21.3. The molecule has 7 aromatic rings. The molecule has 0 aliphatic rings. The Hall–Kier alpha value is -5.05. The first-order valence-corrected chi connectivity index (χ1v) is 12.7. The van der Waals surface area contributed by atoms with Crippen LogP contribution in [0, 0.1) is 27.7 Å². The molecule has 0 aliphatic heterocycles. The number of fused-ring (bicyclic) bond motifs is 6. The van der Waals surface area contributed by atoms with E-state index in [0.29, 0.717) is 23.7 Å². The average Bonchev–Trinajstić information content (AvgIpc) is 3.47. The van der Waals surface area contributed by atoms with Crippen LogP contribution in [0.4, 0.5) is 0 Å². The molecular formula is C30H27N7O2. The summed E-state index contributed by atoms with van der Waals surface area (Å²) in [6.45, 7) is 7.98. The summed E-state index contributed by atoms with van der Waals surface area (Å²) in [5.74, 6) is 1.26. The molecule has 39 heavy (non-hydrogen) atoms. The zero-order chi connectivity index (χ0) is 27.3. The van der Waals surface area contributed by atoms with Gasteiger partial charge in [-0.2, -0.15) is 0 Å². The van der Waals surface area contributed by atoms with E-state index in [-0.39, 0.29) is 11.1 Å². The highest BCUT2D eigenvalue weighted by Gasteiger charge is 2.16. The molecule has 0 bridgehead atoms. The number of nitrogens with one attached hydrogen (secondary N) is 1. The number of aromatic amines is 1. The fraction of sp³-hybridized carbons (Fsp3) is 0.167. The number of imidazole rings is 2. The third-order valence-corrected chi connectivity index (χ3v) is 7.18. The van der Waals surface area contributed by atoms with Crippen LogP contribution in [-0.4, -0.2) is 33.3 Å². The van der Waals surface area contributed by atoms with Crippen molar-refractivity contribution in [2.24, 2.45) is 0 Å². The van der Waals surface area contributed by atoms with Gasteiger partial charge in [-0.05, 0) is 64.1 Å². The lowest BCUT2D eigenvalue weighted by atomic mass is 10.2. The minimum atomic E-state index is -0.0107. The fourth-order valence-electron chi connectivity index (χ4n) is 4.80. The average molecular weight is 518 g/mol. The number of benzene rings is 2. The maximum atomic E-state index is 12.7. The van der Waals surface area contributed by atoms with Gasteiger partial charge in [-0.15, -0.1) is 0 Å². The number of hydrogen-bond donors (Lipinski definition) is 1. The standard InChI is InChI=1S/C18H16N4O.C12H11N3O/c1-12-13(2)20-18-21(11-14-7-5-6-10-19-14)15-8-3-4-9-16(15)22(18)17(12)23;1-7-8(2)13-12-14-9-5-3-4-6-10(9)15(12)11(7)16/h3-10H,11H2,1-2H3;3-6H,1-2H3,(H,13,14). The summed E-state index contributed by atoms with van der Waals surface area (Å²) in [5, 5.41) is 0. The third kappa shape index (κ3) is 3.99. The Morgan fingerprint density at radius 3 is 2.13 bits per heavy atom. The maximum Gasteiger partial charge on any atom is 0.262 e. The van der Waals surface area contributed by atoms with Crippen LogP contribution in [0.3, 0.4) is 0 Å². The zero-order valence-corrected chi connectivity index (χ0v) is 22.1. The molecule has 2 aromatic carbocycles. The second-order valence-electron chi connectivity index (χ2n) is 9.60. The minimum Gasteiger partial charge on any atom is -0.329 e. The Labute approximate surface area is 223 Å². The van der Waals surface area contributed by atoms with Crippen molar-refractivity contribution >= 4 is 33.6 Å². The highest BCUT2D eigenvalue weighted by molar-refractivity contribution is 5.81. The van der Waals surface area contributed by atoms with Crippen molar-refractivity contribution in [1.82, 2.24) is 33.3 Å². The van der Waals surface area contributed by atoms with Gasteiger partial charge >= 0.3 is 0 Å². The number of pyridine rings is 1. The first kappa shape index (κ1) is 24.3. The molecule has 0 spiro atoms. The normalized spacial score (nSPS) is 11.4. The van der Waals surface area contributed by atoms with Gasteiger partial charge in [0.15, 0.2) is 0 Å². The number of aromatic nitrogens is 7. The van der Waals surface area contributed by atoms with E-state index in [0.717, 1.165) is 44.7 Å². The van der Waals surface area contributed by atoms with E-state index in [9.17, 15) is 9.59 Å². The van der Waals surface area contributed by atoms with E-state index in [2.05, 4.69) is 19.9 Å². The molecule has 5 heterocycles. The van der Waals surface area contributed by atoms with E-state index >= 15 is 0 Å². The molecule has 0 radical (unpaired) electrons. The van der Waals surface area contributed by atoms with Crippen LogP contribution in [0.25, 0.3) is 33.6 Å². The summed E-state index contributed by atoms with van der Waals surface area (Å²) < 4.78 is 5.36. The van der Waals surface area contributed by atoms with Gasteiger partial charge in [0, 0.05) is 28.7 Å². The molecule has 1 N–H and O–H groups in total. The lowest BCUT2D eigenvalue weighted by Crippen LogP contribution is -2.19. The zero-order valence-electron chi connectivity index (χ0n) is 22.1. The SMILES string of the molecule is Cc1[nH]c2nc3ccccc3n2c(=O)c1C.Cc1nc2n(Cc3ccccn3)c3ccccc3n2c(=O)c1C. The van der Waals surface area contributed by atoms with Crippen molar-refractivity contribution in [3.05, 3.63) is 122 Å². The van der Waals surface area contributed by atoms with Crippen molar-refractivity contribution in [3.8, 4) is 0 Å². The topological polar surface area (TPSA) is 102 Å². The smallest absolute Gasteiger partial charge is 0.262 e. The molecule has 7 rings (SSSR count). The summed E-state index contributed by atoms with van der Waals surface area (Å²) in [7, 11) is 0. The Kier molecular flexibility index (Phi) is 5.83. The first-order valence-electron chi connectivity index (χ1n) is 12.7. The molecule has 0 unspecified atom stereocenters. The number of H-pyrrole nitrogens is 1. The molecule has 9 nitrogen and oxygen atoms in total. The van der Waals surface area contributed by atoms with Crippen LogP contribution in [0.5, 0.6) is 0 Å². The van der Waals surface area contributed by atoms with Crippen molar-refractivity contribution in [2.75, 3.05) is 0 Å². The van der Waals surface area contributed by atoms with Crippen molar-refractivity contribution < 1.29 is 0 Å². The van der Waals surface area contributed by atoms with Crippen molar-refractivity contribution in [1.29, 1.82) is 0 Å². The summed E-state index contributed by atoms with van der Waals surface area (Å²) in [6.07, 6.45) is 1.78. The summed E-state index contributed by atoms with van der Waals surface area (Å²) in [4.78, 5) is 41.4. The minimum absolute atomic E-state index is 0.0000463. The van der Waals surface area contributed by atoms with E-state index < -0.39 is 0 Å². The first-order chi connectivity index (χ1) is 18.8. The van der Waals surface area contributed by atoms with E-state index in [1.54, 1.807) is 15.0 Å². The number of rotatable bonds is 2. The molecular weight excluding hydrogens is 490 g/mol. The number of nitrogens with zero attached hydrogens (tertiary/aromatic N) is 6. The lowest BCUT2D eigenvalue weighted by Gasteiger charge is -2.06. The molecule has 9 heteroatoms. The van der Waals surface area contributed by atoms with Gasteiger partial charge in [-0.3, -0.25) is 14.6 Å². The summed E-state index contributed by atoms with van der Waals surface area (Å²) >= 11 is 0. The second kappa shape index (κ2) is 9.36. The second-order valence-corrected chi connectivity index (χ2v) is 9.60. The number of aryl methyl sites for hydroxylation is 2. The largest absolute Gasteiger partial charge is 0.329 e. The Morgan fingerprint density at radius 2 is 1.38 bits per heavy atom. The van der Waals surface area contributed by atoms with E-state index in [1.165, 1.54) is 0 Å². The molecule has 0 amide bonds. The third-order valence-electron chi connectivity index (χ3n) is 7.18. The van der Waals surface area contributed by atoms with Gasteiger partial charge in [-0.1, -0.05) is 30.3 Å². The fourth-order valence-corrected chi connectivity index (χ4v) is 4.80. The maximum absolute atomic E-state index is 12.7. The van der Waals surface area contributed by atoms with Crippen LogP contribution in [0.2, 0.25) is 0 Å². The Bertz CT molecular complexity index is 2130. The highest BCUT2D eigenvalue weighted by atomic mass is 16.1. The predicted octanol–water partition coefficient (Wildman–Crippen LogP) is 4.50. The molecule has 0 fully saturated rings. The van der Waals surface area contributed by atoms with Crippen LogP contribution in [0.1, 0.15) is 28.2 Å². The van der Waals surface area contributed by atoms with Gasteiger partial charge in [0.05, 0.1) is 34.3 Å². The van der Waals surface area contributed by atoms with Gasteiger partial charge in [0.2, 0.25) is 11.6 Å². The highest BCUT2D eigenvalue weighted by Crippen LogP contribution is 2.20. The summed E-state index contributed by atoms with van der Waals surface area (Å²) in [5.41, 5.74) is 7.51. The predicted molar refractivity (Wildman–Crippen MR) is 153 cm³/mol. The van der Waals surface area contributed by atoms with Gasteiger partial charge in [0.1, 0.15) is 0 Å². The monoisotopic (exact) mass is 517 g/mol. The van der Waals surface area contributed by atoms with Gasteiger partial charge in [-0.25, -0.2) is 18.8 Å². The van der Waals surface area contributed by atoms with Gasteiger partial charge in [0.25, 0.3) is 11.1 Å². The Morgan fingerprint density at radius 1 is 0.718 bits per heavy atom. The van der Waals surface area contributed by atoms with Crippen molar-refractivity contribution in [2.45, 2.75) is 34.2 Å². The van der Waals surface area contributed by atoms with Crippen LogP contribution >= 0.6 is 0 Å². The Balaban J connectivity index is 0.000000151. The lowest BCUT2D eigenvalue weighted by molar-refractivity contribution is 0.801. The molecule has 194 valence electrons. The van der Waals surface area contributed by atoms with Crippen LogP contribution in [0.15, 0.2) is 82.5 Å². The molecule has 5 aromatic heterocycles. The molecule has 0 atom stereocenters. The molecule has 0 saturated carbocycles. The number of para-hydroxylation sites is 4. The van der Waals surface area contributed by atoms with Gasteiger partial charge < -0.3 is 9.55 Å². The van der Waals surface area contributed by atoms with E-state index in [1.807, 2.05) is 99.0 Å². The van der Waals surface area contributed by atoms with Crippen LogP contribution in [-0.2, 0) is 6.54 Å². The van der Waals surface area contributed by atoms with Crippen molar-refractivity contribution in [3.63, 3.8) is 0 Å². The molecule has 0 saturated heterocycles. The number of hydrogen-bond acceptors (Lipinski definition) is 5. The van der Waals surface area contributed by atoms with E-state index in [4.69, 9.17) is 0 Å².